The van der Waals surface area contributed by atoms with Gasteiger partial charge in [0.15, 0.2) is 0 Å². The van der Waals surface area contributed by atoms with Gasteiger partial charge >= 0.3 is 6.03 Å². The number of para-hydroxylation sites is 1. The number of furan rings is 1. The van der Waals surface area contributed by atoms with Gasteiger partial charge < -0.3 is 19.5 Å². The van der Waals surface area contributed by atoms with Crippen LogP contribution in [0.25, 0.3) is 11.0 Å². The average molecular weight is 369 g/mol. The van der Waals surface area contributed by atoms with E-state index in [9.17, 15) is 9.59 Å². The Kier molecular flexibility index (Phi) is 5.05. The zero-order valence-corrected chi connectivity index (χ0v) is 15.8. The van der Waals surface area contributed by atoms with E-state index in [0.29, 0.717) is 6.54 Å². The third kappa shape index (κ3) is 3.80. The van der Waals surface area contributed by atoms with Crippen molar-refractivity contribution in [2.24, 2.45) is 5.92 Å². The first kappa shape index (κ1) is 17.9. The molecule has 1 N–H and O–H groups in total. The molecule has 0 bridgehead atoms. The summed E-state index contributed by atoms with van der Waals surface area (Å²) >= 11 is 0. The number of carbonyl (C=O) groups excluding carboxylic acids is 2. The summed E-state index contributed by atoms with van der Waals surface area (Å²) < 4.78 is 5.86. The number of nitrogens with zero attached hydrogens (tertiary/aromatic N) is 2. The third-order valence-corrected chi connectivity index (χ3v) is 5.67. The topological polar surface area (TPSA) is 65.8 Å². The number of amides is 3. The summed E-state index contributed by atoms with van der Waals surface area (Å²) in [6, 6.07) is 9.71. The van der Waals surface area contributed by atoms with Crippen LogP contribution >= 0.6 is 0 Å². The molecule has 144 valence electrons. The predicted octanol–water partition coefficient (Wildman–Crippen LogP) is 3.54. The Morgan fingerprint density at radius 2 is 1.85 bits per heavy atom. The second-order valence-electron chi connectivity index (χ2n) is 7.68. The third-order valence-electron chi connectivity index (χ3n) is 5.67. The van der Waals surface area contributed by atoms with Gasteiger partial charge in [-0.2, -0.15) is 0 Å². The maximum atomic E-state index is 12.8. The maximum Gasteiger partial charge on any atom is 0.320 e. The minimum atomic E-state index is -0.199. The van der Waals surface area contributed by atoms with Crippen molar-refractivity contribution >= 4 is 22.9 Å². The molecule has 2 aliphatic rings. The summed E-state index contributed by atoms with van der Waals surface area (Å²) in [4.78, 5) is 29.2. The molecule has 4 rings (SSSR count). The zero-order valence-electron chi connectivity index (χ0n) is 15.8. The number of likely N-dealkylation sites (tertiary alicyclic amines) is 2. The largest absolute Gasteiger partial charge is 0.459 e. The van der Waals surface area contributed by atoms with Crippen molar-refractivity contribution in [2.45, 2.75) is 38.6 Å². The molecule has 2 fully saturated rings. The Balaban J connectivity index is 1.37. The molecule has 0 spiro atoms. The van der Waals surface area contributed by atoms with Crippen LogP contribution in [0.5, 0.6) is 0 Å². The number of benzene rings is 1. The van der Waals surface area contributed by atoms with Crippen LogP contribution in [0.2, 0.25) is 0 Å². The highest BCUT2D eigenvalue weighted by Gasteiger charge is 2.32. The monoisotopic (exact) mass is 369 g/mol. The molecule has 6 nitrogen and oxygen atoms in total. The quantitative estimate of drug-likeness (QED) is 0.900. The van der Waals surface area contributed by atoms with Crippen LogP contribution in [-0.4, -0.2) is 47.9 Å². The molecule has 0 aliphatic carbocycles. The molecule has 0 radical (unpaired) electrons. The van der Waals surface area contributed by atoms with E-state index in [1.807, 2.05) is 47.1 Å². The van der Waals surface area contributed by atoms with Crippen LogP contribution in [0.15, 0.2) is 34.7 Å². The van der Waals surface area contributed by atoms with Crippen LogP contribution in [0, 0.1) is 5.92 Å². The highest BCUT2D eigenvalue weighted by atomic mass is 16.3. The Morgan fingerprint density at radius 3 is 2.63 bits per heavy atom. The number of hydrogen-bond acceptors (Lipinski definition) is 3. The summed E-state index contributed by atoms with van der Waals surface area (Å²) in [6.45, 7) is 4.88. The van der Waals surface area contributed by atoms with Crippen LogP contribution in [-0.2, 0) is 4.79 Å². The lowest BCUT2D eigenvalue weighted by atomic mass is 9.97. The number of hydrogen-bond donors (Lipinski definition) is 1. The SMILES string of the molecule is C[C@H](NC(=O)[C@H]1CCCN(C(=O)N2CCCC2)C1)c1cc2ccccc2o1. The molecule has 0 unspecified atom stereocenters. The first-order valence-electron chi connectivity index (χ1n) is 9.94. The standard InChI is InChI=1S/C21H27N3O3/c1-15(19-13-16-7-2-3-9-18(16)27-19)22-20(25)17-8-6-12-24(14-17)21(26)23-10-4-5-11-23/h2-3,7,9,13,15,17H,4-6,8,10-12,14H2,1H3,(H,22,25)/t15-,17-/m0/s1. The van der Waals surface area contributed by atoms with E-state index in [2.05, 4.69) is 5.32 Å². The lowest BCUT2D eigenvalue weighted by Crippen LogP contribution is -2.49. The van der Waals surface area contributed by atoms with Crippen molar-refractivity contribution in [3.63, 3.8) is 0 Å². The second kappa shape index (κ2) is 7.62. The van der Waals surface area contributed by atoms with E-state index in [1.54, 1.807) is 0 Å². The van der Waals surface area contributed by atoms with E-state index in [4.69, 9.17) is 4.42 Å². The van der Waals surface area contributed by atoms with Gasteiger partial charge in [-0.3, -0.25) is 4.79 Å². The molecular weight excluding hydrogens is 342 g/mol. The number of rotatable bonds is 3. The Morgan fingerprint density at radius 1 is 1.11 bits per heavy atom. The fraction of sp³-hybridized carbons (Fsp3) is 0.524. The average Bonchev–Trinajstić information content (AvgIpc) is 3.37. The van der Waals surface area contributed by atoms with Crippen LogP contribution in [0.1, 0.15) is 44.4 Å². The maximum absolute atomic E-state index is 12.8. The summed E-state index contributed by atoms with van der Waals surface area (Å²) in [5.74, 6) is 0.601. The molecule has 2 saturated heterocycles. The van der Waals surface area contributed by atoms with Gasteiger partial charge in [-0.15, -0.1) is 0 Å². The molecule has 0 saturated carbocycles. The fourth-order valence-corrected chi connectivity index (χ4v) is 4.09. The van der Waals surface area contributed by atoms with E-state index >= 15 is 0 Å². The van der Waals surface area contributed by atoms with E-state index < -0.39 is 0 Å². The number of piperidine rings is 1. The molecule has 3 amide bonds. The van der Waals surface area contributed by atoms with Crippen molar-refractivity contribution in [1.29, 1.82) is 0 Å². The van der Waals surface area contributed by atoms with Crippen LogP contribution in [0.3, 0.4) is 0 Å². The van der Waals surface area contributed by atoms with Gasteiger partial charge in [0.1, 0.15) is 11.3 Å². The van der Waals surface area contributed by atoms with Gasteiger partial charge in [0.25, 0.3) is 0 Å². The molecule has 2 atom stereocenters. The molecule has 1 aromatic carbocycles. The molecular formula is C21H27N3O3. The lowest BCUT2D eigenvalue weighted by Gasteiger charge is -2.35. The molecule has 27 heavy (non-hydrogen) atoms. The highest BCUT2D eigenvalue weighted by Crippen LogP contribution is 2.25. The summed E-state index contributed by atoms with van der Waals surface area (Å²) in [5.41, 5.74) is 0.827. The Hall–Kier alpha value is -2.50. The summed E-state index contributed by atoms with van der Waals surface area (Å²) in [6.07, 6.45) is 3.86. The van der Waals surface area contributed by atoms with Crippen molar-refractivity contribution < 1.29 is 14.0 Å². The Bertz CT molecular complexity index is 792. The van der Waals surface area contributed by atoms with E-state index in [1.165, 1.54) is 0 Å². The zero-order chi connectivity index (χ0) is 18.8. The minimum Gasteiger partial charge on any atom is -0.459 e. The van der Waals surface area contributed by atoms with E-state index in [0.717, 1.165) is 62.0 Å². The van der Waals surface area contributed by atoms with Crippen molar-refractivity contribution in [2.75, 3.05) is 26.2 Å². The number of carbonyl (C=O) groups is 2. The number of nitrogens with one attached hydrogen (secondary N) is 1. The number of urea groups is 1. The van der Waals surface area contributed by atoms with Gasteiger partial charge in [-0.1, -0.05) is 18.2 Å². The first-order chi connectivity index (χ1) is 13.1. The van der Waals surface area contributed by atoms with Crippen LogP contribution in [0.4, 0.5) is 4.79 Å². The van der Waals surface area contributed by atoms with Crippen molar-refractivity contribution in [3.05, 3.63) is 36.1 Å². The van der Waals surface area contributed by atoms with Gasteiger partial charge in [-0.05, 0) is 44.7 Å². The second-order valence-corrected chi connectivity index (χ2v) is 7.68. The fourth-order valence-electron chi connectivity index (χ4n) is 4.09. The highest BCUT2D eigenvalue weighted by molar-refractivity contribution is 5.82. The van der Waals surface area contributed by atoms with Crippen molar-refractivity contribution in [1.82, 2.24) is 15.1 Å². The first-order valence-corrected chi connectivity index (χ1v) is 9.94. The summed E-state index contributed by atoms with van der Waals surface area (Å²) in [7, 11) is 0. The normalized spacial score (nSPS) is 21.4. The molecule has 6 heteroatoms. The predicted molar refractivity (Wildman–Crippen MR) is 103 cm³/mol. The van der Waals surface area contributed by atoms with E-state index in [-0.39, 0.29) is 23.9 Å². The van der Waals surface area contributed by atoms with Crippen molar-refractivity contribution in [3.8, 4) is 0 Å². The lowest BCUT2D eigenvalue weighted by molar-refractivity contribution is -0.127. The molecule has 2 aliphatic heterocycles. The van der Waals surface area contributed by atoms with Gasteiger partial charge in [0.2, 0.25) is 5.91 Å². The van der Waals surface area contributed by atoms with Gasteiger partial charge in [0, 0.05) is 31.6 Å². The van der Waals surface area contributed by atoms with Gasteiger partial charge in [0.05, 0.1) is 12.0 Å². The summed E-state index contributed by atoms with van der Waals surface area (Å²) in [5, 5.41) is 4.11. The smallest absolute Gasteiger partial charge is 0.320 e. The number of fused-ring (bicyclic) bond motifs is 1. The minimum absolute atomic E-state index is 0.00174. The van der Waals surface area contributed by atoms with Crippen LogP contribution < -0.4 is 5.32 Å². The molecule has 3 heterocycles. The van der Waals surface area contributed by atoms with Gasteiger partial charge in [-0.25, -0.2) is 4.79 Å². The molecule has 2 aromatic rings. The Labute approximate surface area is 159 Å². The molecule has 1 aromatic heterocycles.